The zero-order valence-electron chi connectivity index (χ0n) is 16.0. The summed E-state index contributed by atoms with van der Waals surface area (Å²) in [5.74, 6) is 0.372. The van der Waals surface area contributed by atoms with Crippen molar-refractivity contribution in [3.8, 4) is 0 Å². The number of benzene rings is 1. The fourth-order valence-corrected chi connectivity index (χ4v) is 3.32. The number of esters is 1. The predicted octanol–water partition coefficient (Wildman–Crippen LogP) is 1.78. The number of amides is 1. The first kappa shape index (κ1) is 21.0. The number of aliphatic imine (C=N–C) groups is 1. The average Bonchev–Trinajstić information content (AvgIpc) is 3.05. The van der Waals surface area contributed by atoms with Crippen molar-refractivity contribution >= 4 is 29.4 Å². The number of nitrogens with one attached hydrogen (secondary N) is 2. The van der Waals surface area contributed by atoms with Crippen LogP contribution >= 0.6 is 11.6 Å². The summed E-state index contributed by atoms with van der Waals surface area (Å²) in [7, 11) is 1.42. The molecule has 2 atom stereocenters. The summed E-state index contributed by atoms with van der Waals surface area (Å²) in [5.41, 5.74) is 0.448. The summed E-state index contributed by atoms with van der Waals surface area (Å²) in [5, 5.41) is 6.49. The lowest BCUT2D eigenvalue weighted by Crippen LogP contribution is -2.41. The highest BCUT2D eigenvalue weighted by atomic mass is 35.5. The van der Waals surface area contributed by atoms with E-state index in [1.807, 2.05) is 13.8 Å². The van der Waals surface area contributed by atoms with Crippen molar-refractivity contribution in [2.45, 2.75) is 13.8 Å². The molecule has 0 bridgehead atoms. The van der Waals surface area contributed by atoms with Crippen LogP contribution in [0.1, 0.15) is 24.2 Å². The standard InChI is InChI=1S/C19H27ClN4O3/c1-4-21-19(24-11-13(2)15(12-24)18(26)27-3)23-10-9-22-17(25)14-7-5-6-8-16(14)20/h5-8,13,15H,4,9-12H2,1-3H3,(H,21,23)(H,22,25). The molecule has 8 heteroatoms. The lowest BCUT2D eigenvalue weighted by atomic mass is 9.99. The first-order valence-corrected chi connectivity index (χ1v) is 9.49. The van der Waals surface area contributed by atoms with Crippen molar-refractivity contribution in [1.82, 2.24) is 15.5 Å². The number of likely N-dealkylation sites (tertiary alicyclic amines) is 1. The third-order valence-corrected chi connectivity index (χ3v) is 4.86. The molecule has 1 fully saturated rings. The minimum atomic E-state index is -0.221. The van der Waals surface area contributed by atoms with Crippen LogP contribution in [0.2, 0.25) is 5.02 Å². The number of hydrogen-bond donors (Lipinski definition) is 2. The van der Waals surface area contributed by atoms with E-state index in [1.165, 1.54) is 7.11 Å². The SMILES string of the molecule is CCNC(=NCCNC(=O)c1ccccc1Cl)N1CC(C)C(C(=O)OC)C1. The van der Waals surface area contributed by atoms with Crippen LogP contribution in [-0.2, 0) is 9.53 Å². The van der Waals surface area contributed by atoms with E-state index < -0.39 is 0 Å². The van der Waals surface area contributed by atoms with Gasteiger partial charge in [0.1, 0.15) is 0 Å². The molecule has 1 aliphatic rings. The van der Waals surface area contributed by atoms with Gasteiger partial charge in [0, 0.05) is 26.2 Å². The molecule has 2 N–H and O–H groups in total. The van der Waals surface area contributed by atoms with Crippen LogP contribution in [0.25, 0.3) is 0 Å². The number of hydrogen-bond acceptors (Lipinski definition) is 4. The summed E-state index contributed by atoms with van der Waals surface area (Å²) >= 11 is 6.03. The predicted molar refractivity (Wildman–Crippen MR) is 106 cm³/mol. The second-order valence-corrected chi connectivity index (χ2v) is 6.89. The Morgan fingerprint density at radius 1 is 1.30 bits per heavy atom. The minimum Gasteiger partial charge on any atom is -0.469 e. The number of carbonyl (C=O) groups excluding carboxylic acids is 2. The summed E-state index contributed by atoms with van der Waals surface area (Å²) < 4.78 is 4.89. The van der Waals surface area contributed by atoms with Crippen molar-refractivity contribution in [1.29, 1.82) is 0 Å². The lowest BCUT2D eigenvalue weighted by Gasteiger charge is -2.21. The van der Waals surface area contributed by atoms with E-state index in [0.717, 1.165) is 19.0 Å². The van der Waals surface area contributed by atoms with E-state index in [4.69, 9.17) is 16.3 Å². The maximum Gasteiger partial charge on any atom is 0.310 e. The van der Waals surface area contributed by atoms with E-state index in [2.05, 4.69) is 20.5 Å². The molecule has 0 aliphatic carbocycles. The van der Waals surface area contributed by atoms with Crippen molar-refractivity contribution in [2.24, 2.45) is 16.8 Å². The Bertz CT molecular complexity index is 695. The van der Waals surface area contributed by atoms with Crippen molar-refractivity contribution in [2.75, 3.05) is 39.8 Å². The van der Waals surface area contributed by atoms with E-state index in [-0.39, 0.29) is 23.7 Å². The topological polar surface area (TPSA) is 83.0 Å². The third kappa shape index (κ3) is 5.60. The van der Waals surface area contributed by atoms with Crippen molar-refractivity contribution < 1.29 is 14.3 Å². The van der Waals surface area contributed by atoms with Gasteiger partial charge in [0.2, 0.25) is 0 Å². The Balaban J connectivity index is 1.91. The molecule has 1 saturated heterocycles. The average molecular weight is 395 g/mol. The van der Waals surface area contributed by atoms with Gasteiger partial charge < -0.3 is 20.3 Å². The third-order valence-electron chi connectivity index (χ3n) is 4.53. The molecular weight excluding hydrogens is 368 g/mol. The molecule has 148 valence electrons. The van der Waals surface area contributed by atoms with Gasteiger partial charge in [-0.3, -0.25) is 14.6 Å². The van der Waals surface area contributed by atoms with Gasteiger partial charge in [-0.1, -0.05) is 30.7 Å². The molecule has 0 spiro atoms. The van der Waals surface area contributed by atoms with E-state index in [1.54, 1.807) is 24.3 Å². The molecule has 0 aromatic heterocycles. The van der Waals surface area contributed by atoms with Gasteiger partial charge in [0.15, 0.2) is 5.96 Å². The monoisotopic (exact) mass is 394 g/mol. The van der Waals surface area contributed by atoms with Crippen LogP contribution in [-0.4, -0.2) is 62.6 Å². The van der Waals surface area contributed by atoms with Crippen LogP contribution in [0.5, 0.6) is 0 Å². The number of methoxy groups -OCH3 is 1. The number of guanidine groups is 1. The molecule has 1 aromatic carbocycles. The second kappa shape index (κ2) is 10.2. The van der Waals surface area contributed by atoms with Crippen LogP contribution < -0.4 is 10.6 Å². The van der Waals surface area contributed by atoms with Crippen LogP contribution in [0.15, 0.2) is 29.3 Å². The highest BCUT2D eigenvalue weighted by Crippen LogP contribution is 2.24. The Morgan fingerprint density at radius 2 is 2.04 bits per heavy atom. The fourth-order valence-electron chi connectivity index (χ4n) is 3.10. The second-order valence-electron chi connectivity index (χ2n) is 6.48. The Morgan fingerprint density at radius 3 is 2.70 bits per heavy atom. The molecule has 1 heterocycles. The summed E-state index contributed by atoms with van der Waals surface area (Å²) in [6, 6.07) is 6.92. The first-order chi connectivity index (χ1) is 13.0. The normalized spacial score (nSPS) is 19.7. The van der Waals surface area contributed by atoms with Gasteiger partial charge in [-0.25, -0.2) is 0 Å². The number of ether oxygens (including phenoxy) is 1. The molecule has 1 aromatic rings. The Hall–Kier alpha value is -2.28. The molecule has 1 aliphatic heterocycles. The van der Waals surface area contributed by atoms with Crippen molar-refractivity contribution in [3.05, 3.63) is 34.9 Å². The van der Waals surface area contributed by atoms with Gasteiger partial charge >= 0.3 is 5.97 Å². The first-order valence-electron chi connectivity index (χ1n) is 9.11. The van der Waals surface area contributed by atoms with Gasteiger partial charge in [-0.2, -0.15) is 0 Å². The summed E-state index contributed by atoms with van der Waals surface area (Å²) in [6.45, 7) is 6.87. The Labute approximate surface area is 165 Å². The molecule has 2 rings (SSSR count). The lowest BCUT2D eigenvalue weighted by molar-refractivity contribution is -0.145. The van der Waals surface area contributed by atoms with E-state index in [9.17, 15) is 9.59 Å². The number of carbonyl (C=O) groups is 2. The molecule has 0 saturated carbocycles. The maximum absolute atomic E-state index is 12.2. The largest absolute Gasteiger partial charge is 0.469 e. The quantitative estimate of drug-likeness (QED) is 0.332. The number of rotatable bonds is 6. The highest BCUT2D eigenvalue weighted by Gasteiger charge is 2.36. The summed E-state index contributed by atoms with van der Waals surface area (Å²) in [4.78, 5) is 30.7. The van der Waals surface area contributed by atoms with Crippen LogP contribution in [0.3, 0.4) is 0 Å². The molecule has 1 amide bonds. The van der Waals surface area contributed by atoms with Gasteiger partial charge in [-0.05, 0) is 25.0 Å². The van der Waals surface area contributed by atoms with Gasteiger partial charge in [0.25, 0.3) is 5.91 Å². The molecule has 7 nitrogen and oxygen atoms in total. The summed E-state index contributed by atoms with van der Waals surface area (Å²) in [6.07, 6.45) is 0. The molecule has 2 unspecified atom stereocenters. The molecular formula is C19H27ClN4O3. The molecule has 27 heavy (non-hydrogen) atoms. The zero-order chi connectivity index (χ0) is 19.8. The van der Waals surface area contributed by atoms with E-state index in [0.29, 0.717) is 30.2 Å². The van der Waals surface area contributed by atoms with Crippen molar-refractivity contribution in [3.63, 3.8) is 0 Å². The molecule has 0 radical (unpaired) electrons. The van der Waals surface area contributed by atoms with Gasteiger partial charge in [0.05, 0.1) is 30.2 Å². The zero-order valence-corrected chi connectivity index (χ0v) is 16.8. The maximum atomic E-state index is 12.2. The minimum absolute atomic E-state index is 0.154. The fraction of sp³-hybridized carbons (Fsp3) is 0.526. The highest BCUT2D eigenvalue weighted by molar-refractivity contribution is 6.33. The van der Waals surface area contributed by atoms with Gasteiger partial charge in [-0.15, -0.1) is 0 Å². The Kier molecular flexibility index (Phi) is 7.91. The van der Waals surface area contributed by atoms with Crippen LogP contribution in [0.4, 0.5) is 0 Å². The van der Waals surface area contributed by atoms with E-state index >= 15 is 0 Å². The smallest absolute Gasteiger partial charge is 0.310 e. The van der Waals surface area contributed by atoms with Crippen LogP contribution in [0, 0.1) is 11.8 Å². The number of nitrogens with zero attached hydrogens (tertiary/aromatic N) is 2. The number of halogens is 1.